The monoisotopic (exact) mass is 1010 g/mol. The van der Waals surface area contributed by atoms with Gasteiger partial charge in [-0.3, -0.25) is 14.2 Å². The van der Waals surface area contributed by atoms with Gasteiger partial charge in [-0.25, -0.2) is 0 Å². The molecule has 0 saturated carbocycles. The highest BCUT2D eigenvalue weighted by atomic mass is 31.2. The third-order valence-electron chi connectivity index (χ3n) is 11.6. The summed E-state index contributed by atoms with van der Waals surface area (Å²) in [6, 6.07) is 0. The minimum absolute atomic E-state index is 0.0357. The standard InChI is InChI=1S/C61H104NO8P/c1-6-8-10-12-14-16-18-19-20-21-22-23-24-25-26-27-28-29-30-31-32-33-34-35-36-37-38-39-40-41-42-43-44-46-48-50-52-54-61(64)70-59(58-69-71(65,66)68-56-55-62(3,4)5)57-67-60(63)53-51-49-47-45-17-15-13-11-9-7-2/h8,10,14,16,19-20,22-23,25-26,28-29,31-32,34-35,37-38,59H,6-7,9,11-13,15,17-18,21,24,27,30,33,36,39-58H2,1-5H3/b10-8-,16-14-,20-19-,23-22-,26-25-,29-28-,32-31-,35-34-,38-37-. The fourth-order valence-electron chi connectivity index (χ4n) is 7.24. The van der Waals surface area contributed by atoms with Gasteiger partial charge in [-0.1, -0.05) is 226 Å². The van der Waals surface area contributed by atoms with Crippen LogP contribution in [-0.2, 0) is 32.7 Å². The summed E-state index contributed by atoms with van der Waals surface area (Å²) in [6.07, 6.45) is 71.5. The number of nitrogens with zero attached hydrogens (tertiary/aromatic N) is 1. The second-order valence-electron chi connectivity index (χ2n) is 19.6. The quantitative estimate of drug-likeness (QED) is 0.0195. The van der Waals surface area contributed by atoms with E-state index in [9.17, 15) is 19.0 Å². The maximum Gasteiger partial charge on any atom is 0.306 e. The van der Waals surface area contributed by atoms with Crippen LogP contribution in [0.2, 0.25) is 0 Å². The molecule has 0 bridgehead atoms. The predicted molar refractivity (Wildman–Crippen MR) is 300 cm³/mol. The average Bonchev–Trinajstić information content (AvgIpc) is 3.33. The molecule has 406 valence electrons. The van der Waals surface area contributed by atoms with E-state index in [2.05, 4.69) is 123 Å². The van der Waals surface area contributed by atoms with E-state index in [0.29, 0.717) is 17.4 Å². The van der Waals surface area contributed by atoms with E-state index in [1.54, 1.807) is 0 Å². The lowest BCUT2D eigenvalue weighted by Gasteiger charge is -2.28. The van der Waals surface area contributed by atoms with Gasteiger partial charge in [-0.2, -0.15) is 0 Å². The minimum Gasteiger partial charge on any atom is -0.756 e. The van der Waals surface area contributed by atoms with Crippen molar-refractivity contribution in [3.63, 3.8) is 0 Å². The van der Waals surface area contributed by atoms with E-state index in [-0.39, 0.29) is 32.0 Å². The fourth-order valence-corrected chi connectivity index (χ4v) is 7.96. The number of carbonyl (C=O) groups excluding carboxylic acids is 2. The molecule has 9 nitrogen and oxygen atoms in total. The van der Waals surface area contributed by atoms with Gasteiger partial charge in [0.25, 0.3) is 7.82 Å². The maximum atomic E-state index is 12.7. The fraction of sp³-hybridized carbons (Fsp3) is 0.672. The Hall–Kier alpha value is -3.33. The van der Waals surface area contributed by atoms with Crippen LogP contribution in [0, 0.1) is 0 Å². The van der Waals surface area contributed by atoms with E-state index < -0.39 is 26.5 Å². The third-order valence-corrected chi connectivity index (χ3v) is 12.5. The Bertz CT molecular complexity index is 1570. The molecule has 0 N–H and O–H groups in total. The van der Waals surface area contributed by atoms with Crippen molar-refractivity contribution in [2.45, 2.75) is 219 Å². The zero-order valence-corrected chi connectivity index (χ0v) is 46.8. The van der Waals surface area contributed by atoms with Crippen LogP contribution in [0.4, 0.5) is 0 Å². The van der Waals surface area contributed by atoms with Crippen LogP contribution in [0.1, 0.15) is 213 Å². The summed E-state index contributed by atoms with van der Waals surface area (Å²) >= 11 is 0. The van der Waals surface area contributed by atoms with Crippen molar-refractivity contribution in [3.8, 4) is 0 Å². The normalized spacial score (nSPS) is 14.2. The van der Waals surface area contributed by atoms with Gasteiger partial charge in [-0.15, -0.1) is 0 Å². The number of ether oxygens (including phenoxy) is 2. The van der Waals surface area contributed by atoms with E-state index >= 15 is 0 Å². The number of hydrogen-bond acceptors (Lipinski definition) is 8. The first-order chi connectivity index (χ1) is 34.5. The lowest BCUT2D eigenvalue weighted by molar-refractivity contribution is -0.870. The van der Waals surface area contributed by atoms with Crippen LogP contribution >= 0.6 is 7.82 Å². The number of esters is 2. The van der Waals surface area contributed by atoms with E-state index in [4.69, 9.17) is 18.5 Å². The van der Waals surface area contributed by atoms with Crippen molar-refractivity contribution in [2.75, 3.05) is 47.5 Å². The smallest absolute Gasteiger partial charge is 0.306 e. The summed E-state index contributed by atoms with van der Waals surface area (Å²) in [7, 11) is 1.15. The molecule has 10 heteroatoms. The number of unbranched alkanes of at least 4 members (excludes halogenated alkanes) is 18. The highest BCUT2D eigenvalue weighted by molar-refractivity contribution is 7.45. The maximum absolute atomic E-state index is 12.7. The van der Waals surface area contributed by atoms with Gasteiger partial charge in [0.15, 0.2) is 6.10 Å². The Morgan fingerprint density at radius 3 is 1.20 bits per heavy atom. The zero-order valence-electron chi connectivity index (χ0n) is 45.9. The van der Waals surface area contributed by atoms with Crippen molar-refractivity contribution < 1.29 is 42.1 Å². The summed E-state index contributed by atoms with van der Waals surface area (Å²) in [4.78, 5) is 37.6. The molecule has 0 aliphatic heterocycles. The van der Waals surface area contributed by atoms with E-state index in [1.807, 2.05) is 21.1 Å². The molecule has 0 radical (unpaired) electrons. The number of phosphoric ester groups is 1. The predicted octanol–water partition coefficient (Wildman–Crippen LogP) is 16.8. The Morgan fingerprint density at radius 2 is 0.803 bits per heavy atom. The first kappa shape index (κ1) is 67.7. The molecule has 0 aromatic carbocycles. The van der Waals surface area contributed by atoms with Gasteiger partial charge in [0.2, 0.25) is 0 Å². The first-order valence-electron chi connectivity index (χ1n) is 28.1. The van der Waals surface area contributed by atoms with Crippen molar-refractivity contribution in [3.05, 3.63) is 109 Å². The lowest BCUT2D eigenvalue weighted by Crippen LogP contribution is -2.37. The highest BCUT2D eigenvalue weighted by Crippen LogP contribution is 2.38. The molecular formula is C61H104NO8P. The van der Waals surface area contributed by atoms with Crippen LogP contribution in [0.25, 0.3) is 0 Å². The van der Waals surface area contributed by atoms with Gasteiger partial charge >= 0.3 is 11.9 Å². The third kappa shape index (κ3) is 55.8. The summed E-state index contributed by atoms with van der Waals surface area (Å²) in [6.45, 7) is 4.08. The number of likely N-dealkylation sites (N-methyl/N-ethyl adjacent to an activating group) is 1. The number of quaternary nitrogens is 1. The number of rotatable bonds is 50. The minimum atomic E-state index is -4.63. The van der Waals surface area contributed by atoms with Crippen molar-refractivity contribution in [1.29, 1.82) is 0 Å². The summed E-state index contributed by atoms with van der Waals surface area (Å²) in [5, 5.41) is 0. The molecule has 0 aromatic heterocycles. The second-order valence-corrected chi connectivity index (χ2v) is 21.0. The number of allylic oxidation sites excluding steroid dienone is 18. The van der Waals surface area contributed by atoms with Crippen LogP contribution in [-0.4, -0.2) is 70.0 Å². The molecule has 2 unspecified atom stereocenters. The van der Waals surface area contributed by atoms with Crippen LogP contribution in [0.15, 0.2) is 109 Å². The summed E-state index contributed by atoms with van der Waals surface area (Å²) < 4.78 is 34.0. The Kier molecular flexibility index (Phi) is 49.1. The van der Waals surface area contributed by atoms with Gasteiger partial charge in [0.1, 0.15) is 19.8 Å². The molecule has 0 saturated heterocycles. The Morgan fingerprint density at radius 1 is 0.451 bits per heavy atom. The molecular weight excluding hydrogens is 906 g/mol. The van der Waals surface area contributed by atoms with Gasteiger partial charge in [0, 0.05) is 12.8 Å². The van der Waals surface area contributed by atoms with Crippen molar-refractivity contribution >= 4 is 19.8 Å². The second kappa shape index (κ2) is 51.6. The summed E-state index contributed by atoms with van der Waals surface area (Å²) in [5.41, 5.74) is 0. The van der Waals surface area contributed by atoms with Gasteiger partial charge < -0.3 is 27.9 Å². The molecule has 0 aliphatic rings. The molecule has 0 rings (SSSR count). The van der Waals surface area contributed by atoms with E-state index in [1.165, 1.54) is 77.0 Å². The summed E-state index contributed by atoms with van der Waals surface area (Å²) in [5.74, 6) is -0.847. The molecule has 71 heavy (non-hydrogen) atoms. The Balaban J connectivity index is 4.08. The SMILES string of the molecule is CC/C=C\C/C=C\C/C=C\C/C=C\C/C=C\C/C=C\C/C=C\C/C=C\C/C=C\CCCCCCCCCCCC(=O)OC(COC(=O)CCCCCCCCCCCC)COP(=O)([O-])OCC[N+](C)(C)C. The molecule has 0 aliphatic carbocycles. The van der Waals surface area contributed by atoms with Gasteiger partial charge in [0.05, 0.1) is 27.7 Å². The van der Waals surface area contributed by atoms with Crippen LogP contribution < -0.4 is 4.89 Å². The topological polar surface area (TPSA) is 111 Å². The zero-order chi connectivity index (χ0) is 52.0. The first-order valence-corrected chi connectivity index (χ1v) is 29.6. The van der Waals surface area contributed by atoms with Crippen molar-refractivity contribution in [1.82, 2.24) is 0 Å². The lowest BCUT2D eigenvalue weighted by atomic mass is 10.1. The van der Waals surface area contributed by atoms with Crippen LogP contribution in [0.3, 0.4) is 0 Å². The molecule has 0 aromatic rings. The average molecular weight is 1010 g/mol. The Labute approximate surface area is 436 Å². The number of carbonyl (C=O) groups is 2. The molecule has 0 amide bonds. The number of hydrogen-bond donors (Lipinski definition) is 0. The van der Waals surface area contributed by atoms with Crippen molar-refractivity contribution in [2.24, 2.45) is 0 Å². The molecule has 0 spiro atoms. The largest absolute Gasteiger partial charge is 0.756 e. The highest BCUT2D eigenvalue weighted by Gasteiger charge is 2.21. The van der Waals surface area contributed by atoms with Crippen LogP contribution in [0.5, 0.6) is 0 Å². The molecule has 0 fully saturated rings. The van der Waals surface area contributed by atoms with E-state index in [0.717, 1.165) is 103 Å². The number of phosphoric acid groups is 1. The molecule has 0 heterocycles. The molecule has 2 atom stereocenters. The van der Waals surface area contributed by atoms with Gasteiger partial charge in [-0.05, 0) is 83.5 Å².